The molecule has 1 atom stereocenters. The first-order valence-corrected chi connectivity index (χ1v) is 6.06. The van der Waals surface area contributed by atoms with Crippen molar-refractivity contribution < 1.29 is 14.4 Å². The minimum absolute atomic E-state index is 0.182. The predicted octanol–water partition coefficient (Wildman–Crippen LogP) is 1.64. The fraction of sp³-hybridized carbons (Fsp3) is 0.250. The van der Waals surface area contributed by atoms with E-state index in [0.29, 0.717) is 11.1 Å². The molecule has 0 aliphatic carbocycles. The van der Waals surface area contributed by atoms with Crippen molar-refractivity contribution in [3.05, 3.63) is 35.4 Å². The molecule has 17 heavy (non-hydrogen) atoms. The maximum atomic E-state index is 11.9. The third kappa shape index (κ3) is 2.02. The van der Waals surface area contributed by atoms with Crippen LogP contribution in [-0.4, -0.2) is 33.9 Å². The Morgan fingerprint density at radius 3 is 2.12 bits per heavy atom. The molecule has 1 heterocycles. The summed E-state index contributed by atoms with van der Waals surface area (Å²) in [7, 11) is 0. The highest BCUT2D eigenvalue weighted by molar-refractivity contribution is 9.10. The molecule has 0 saturated carbocycles. The Morgan fingerprint density at radius 2 is 1.71 bits per heavy atom. The van der Waals surface area contributed by atoms with Gasteiger partial charge in [-0.3, -0.25) is 19.3 Å². The zero-order valence-corrected chi connectivity index (χ0v) is 10.7. The smallest absolute Gasteiger partial charge is 0.261 e. The second kappa shape index (κ2) is 4.41. The number of carbonyl (C=O) groups is 3. The summed E-state index contributed by atoms with van der Waals surface area (Å²) in [5, 5.41) is 0. The first-order chi connectivity index (χ1) is 8.02. The SMILES string of the molecule is CC(Br)C(=O)CN1C(=O)c2ccccc2C1=O. The lowest BCUT2D eigenvalue weighted by atomic mass is 10.1. The van der Waals surface area contributed by atoms with Gasteiger partial charge in [-0.2, -0.15) is 0 Å². The predicted molar refractivity (Wildman–Crippen MR) is 65.2 cm³/mol. The van der Waals surface area contributed by atoms with Gasteiger partial charge in [0.05, 0.1) is 22.5 Å². The van der Waals surface area contributed by atoms with Crippen molar-refractivity contribution in [2.45, 2.75) is 11.8 Å². The van der Waals surface area contributed by atoms with E-state index in [9.17, 15) is 14.4 Å². The summed E-state index contributed by atoms with van der Waals surface area (Å²) in [6.45, 7) is 1.49. The second-order valence-electron chi connectivity index (χ2n) is 3.82. The minimum Gasteiger partial charge on any atom is -0.296 e. The van der Waals surface area contributed by atoms with Gasteiger partial charge in [-0.15, -0.1) is 0 Å². The topological polar surface area (TPSA) is 54.5 Å². The van der Waals surface area contributed by atoms with E-state index in [4.69, 9.17) is 0 Å². The number of amides is 2. The van der Waals surface area contributed by atoms with Gasteiger partial charge in [0.15, 0.2) is 5.78 Å². The van der Waals surface area contributed by atoms with Gasteiger partial charge < -0.3 is 0 Å². The molecule has 4 nitrogen and oxygen atoms in total. The summed E-state index contributed by atoms with van der Waals surface area (Å²) in [5.41, 5.74) is 0.736. The van der Waals surface area contributed by atoms with Crippen molar-refractivity contribution in [3.63, 3.8) is 0 Å². The molecule has 0 saturated heterocycles. The van der Waals surface area contributed by atoms with Gasteiger partial charge >= 0.3 is 0 Å². The highest BCUT2D eigenvalue weighted by atomic mass is 79.9. The lowest BCUT2D eigenvalue weighted by molar-refractivity contribution is -0.118. The molecule has 1 aliphatic heterocycles. The zero-order chi connectivity index (χ0) is 12.6. The molecule has 0 radical (unpaired) electrons. The molecule has 1 aliphatic rings. The Hall–Kier alpha value is -1.49. The van der Waals surface area contributed by atoms with Crippen molar-refractivity contribution in [2.24, 2.45) is 0 Å². The van der Waals surface area contributed by atoms with E-state index in [1.807, 2.05) is 0 Å². The van der Waals surface area contributed by atoms with Crippen LogP contribution in [0, 0.1) is 0 Å². The number of benzene rings is 1. The van der Waals surface area contributed by atoms with Gasteiger partial charge in [0.1, 0.15) is 0 Å². The summed E-state index contributed by atoms with van der Waals surface area (Å²) in [5.74, 6) is -0.987. The summed E-state index contributed by atoms with van der Waals surface area (Å²) >= 11 is 3.12. The van der Waals surface area contributed by atoms with Crippen LogP contribution in [0.3, 0.4) is 0 Å². The number of carbonyl (C=O) groups excluding carboxylic acids is 3. The maximum absolute atomic E-state index is 11.9. The number of halogens is 1. The first kappa shape index (κ1) is 12.0. The second-order valence-corrected chi connectivity index (χ2v) is 5.20. The number of hydrogen-bond acceptors (Lipinski definition) is 3. The first-order valence-electron chi connectivity index (χ1n) is 5.14. The van der Waals surface area contributed by atoms with Gasteiger partial charge in [0.2, 0.25) is 0 Å². The molecular weight excluding hydrogens is 286 g/mol. The molecule has 1 unspecified atom stereocenters. The molecular formula is C12H10BrNO3. The fourth-order valence-corrected chi connectivity index (χ4v) is 1.81. The zero-order valence-electron chi connectivity index (χ0n) is 9.14. The minimum atomic E-state index is -0.396. The Bertz CT molecular complexity index is 475. The molecule has 1 aromatic carbocycles. The third-order valence-electron chi connectivity index (χ3n) is 2.64. The van der Waals surface area contributed by atoms with E-state index in [1.54, 1.807) is 31.2 Å². The highest BCUT2D eigenvalue weighted by Crippen LogP contribution is 2.22. The summed E-state index contributed by atoms with van der Waals surface area (Å²) in [6, 6.07) is 6.58. The van der Waals surface area contributed by atoms with Crippen molar-refractivity contribution in [1.29, 1.82) is 0 Å². The van der Waals surface area contributed by atoms with Gasteiger partial charge in [0.25, 0.3) is 11.8 Å². The van der Waals surface area contributed by atoms with Crippen molar-refractivity contribution in [1.82, 2.24) is 4.90 Å². The molecule has 88 valence electrons. The summed E-state index contributed by atoms with van der Waals surface area (Å²) in [4.78, 5) is 36.0. The number of fused-ring (bicyclic) bond motifs is 1. The summed E-state index contributed by atoms with van der Waals surface area (Å²) < 4.78 is 0. The van der Waals surface area contributed by atoms with Crippen LogP contribution in [0.4, 0.5) is 0 Å². The van der Waals surface area contributed by atoms with Gasteiger partial charge in [-0.25, -0.2) is 0 Å². The molecule has 0 aromatic heterocycles. The Morgan fingerprint density at radius 1 is 1.24 bits per heavy atom. The van der Waals surface area contributed by atoms with E-state index >= 15 is 0 Å². The van der Waals surface area contributed by atoms with Gasteiger partial charge in [-0.05, 0) is 19.1 Å². The van der Waals surface area contributed by atoms with E-state index in [-0.39, 0.29) is 17.2 Å². The van der Waals surface area contributed by atoms with E-state index < -0.39 is 11.8 Å². The molecule has 0 bridgehead atoms. The van der Waals surface area contributed by atoms with Crippen LogP contribution in [0.5, 0.6) is 0 Å². The average molecular weight is 296 g/mol. The quantitative estimate of drug-likeness (QED) is 0.629. The molecule has 0 N–H and O–H groups in total. The highest BCUT2D eigenvalue weighted by Gasteiger charge is 2.36. The van der Waals surface area contributed by atoms with Crippen LogP contribution < -0.4 is 0 Å². The van der Waals surface area contributed by atoms with Crippen LogP contribution >= 0.6 is 15.9 Å². The van der Waals surface area contributed by atoms with Crippen molar-refractivity contribution >= 4 is 33.5 Å². The number of ketones is 1. The number of alkyl halides is 1. The molecule has 0 spiro atoms. The van der Waals surface area contributed by atoms with Crippen molar-refractivity contribution in [3.8, 4) is 0 Å². The molecule has 2 rings (SSSR count). The molecule has 0 fully saturated rings. The van der Waals surface area contributed by atoms with Crippen LogP contribution in [-0.2, 0) is 4.79 Å². The standard InChI is InChI=1S/C12H10BrNO3/c1-7(13)10(15)6-14-11(16)8-4-2-3-5-9(8)12(14)17/h2-5,7H,6H2,1H3. The average Bonchev–Trinajstić information content (AvgIpc) is 2.55. The van der Waals surface area contributed by atoms with E-state index in [2.05, 4.69) is 15.9 Å². The molecule has 2 amide bonds. The van der Waals surface area contributed by atoms with Gasteiger partial charge in [-0.1, -0.05) is 28.1 Å². The number of rotatable bonds is 3. The molecule has 1 aromatic rings. The Labute approximate surface area is 107 Å². The van der Waals surface area contributed by atoms with Crippen LogP contribution in [0.1, 0.15) is 27.6 Å². The Balaban J connectivity index is 2.28. The van der Waals surface area contributed by atoms with Crippen molar-refractivity contribution in [2.75, 3.05) is 6.54 Å². The number of imide groups is 1. The normalized spacial score (nSPS) is 16.0. The van der Waals surface area contributed by atoms with E-state index in [1.165, 1.54) is 0 Å². The van der Waals surface area contributed by atoms with Crippen LogP contribution in [0.15, 0.2) is 24.3 Å². The number of Topliss-reactive ketones (excluding diaryl/α,β-unsaturated/α-hetero) is 1. The largest absolute Gasteiger partial charge is 0.296 e. The van der Waals surface area contributed by atoms with Gasteiger partial charge in [0, 0.05) is 0 Å². The number of nitrogens with zero attached hydrogens (tertiary/aromatic N) is 1. The molecule has 5 heteroatoms. The van der Waals surface area contributed by atoms with Crippen LogP contribution in [0.25, 0.3) is 0 Å². The fourth-order valence-electron chi connectivity index (χ4n) is 1.66. The monoisotopic (exact) mass is 295 g/mol. The number of hydrogen-bond donors (Lipinski definition) is 0. The maximum Gasteiger partial charge on any atom is 0.261 e. The summed E-state index contributed by atoms with van der Waals surface area (Å²) in [6.07, 6.45) is 0. The Kier molecular flexibility index (Phi) is 3.11. The van der Waals surface area contributed by atoms with Crippen LogP contribution in [0.2, 0.25) is 0 Å². The lowest BCUT2D eigenvalue weighted by Crippen LogP contribution is -2.37. The lowest BCUT2D eigenvalue weighted by Gasteiger charge is -2.13. The van der Waals surface area contributed by atoms with E-state index in [0.717, 1.165) is 4.90 Å². The third-order valence-corrected chi connectivity index (χ3v) is 3.15.